The molecule has 4 aromatic carbocycles. The Morgan fingerprint density at radius 1 is 0.880 bits per heavy atom. The van der Waals surface area contributed by atoms with Crippen molar-refractivity contribution in [3.63, 3.8) is 0 Å². The largest absolute Gasteiger partial charge is 0.392 e. The van der Waals surface area contributed by atoms with Crippen LogP contribution in [0.2, 0.25) is 0 Å². The van der Waals surface area contributed by atoms with Gasteiger partial charge < -0.3 is 19.9 Å². The van der Waals surface area contributed by atoms with Crippen molar-refractivity contribution in [2.45, 2.75) is 43.7 Å². The smallest absolute Gasteiger partial charge is 0.257 e. The number of tetrazole rings is 1. The van der Waals surface area contributed by atoms with E-state index in [1.807, 2.05) is 55.5 Å². The summed E-state index contributed by atoms with van der Waals surface area (Å²) in [5.74, 6) is -12.1. The molecule has 0 radical (unpaired) electrons. The van der Waals surface area contributed by atoms with Crippen LogP contribution >= 0.6 is 11.8 Å². The monoisotopic (exact) mass is 711 g/mol. The first-order chi connectivity index (χ1) is 24.1. The average molecular weight is 712 g/mol. The third-order valence-corrected chi connectivity index (χ3v) is 9.57. The highest BCUT2D eigenvalue weighted by Gasteiger charge is 2.38. The van der Waals surface area contributed by atoms with Gasteiger partial charge in [-0.05, 0) is 38.2 Å². The van der Waals surface area contributed by atoms with Crippen molar-refractivity contribution in [1.82, 2.24) is 25.5 Å². The van der Waals surface area contributed by atoms with E-state index in [-0.39, 0.29) is 31.3 Å². The highest BCUT2D eigenvalue weighted by atomic mass is 32.2. The summed E-state index contributed by atoms with van der Waals surface area (Å²) in [6.45, 7) is 1.71. The van der Waals surface area contributed by atoms with Crippen molar-refractivity contribution in [3.8, 4) is 11.1 Å². The Balaban J connectivity index is 1.22. The number of nitrogens with one attached hydrogen (secondary N) is 1. The Morgan fingerprint density at radius 3 is 2.16 bits per heavy atom. The first kappa shape index (κ1) is 35.1. The van der Waals surface area contributed by atoms with Crippen molar-refractivity contribution in [1.29, 1.82) is 0 Å². The minimum Gasteiger partial charge on any atom is -0.392 e. The normalized spacial score (nSPS) is 19.0. The highest BCUT2D eigenvalue weighted by Crippen LogP contribution is 2.43. The van der Waals surface area contributed by atoms with Gasteiger partial charge in [-0.1, -0.05) is 91.5 Å². The Labute approximate surface area is 287 Å². The second kappa shape index (κ2) is 15.0. The van der Waals surface area contributed by atoms with Gasteiger partial charge in [-0.15, -0.1) is 5.10 Å². The maximum absolute atomic E-state index is 14.2. The van der Waals surface area contributed by atoms with Crippen LogP contribution < -0.4 is 5.32 Å². The topological polar surface area (TPSA) is 111 Å². The fourth-order valence-corrected chi connectivity index (χ4v) is 6.67. The molecule has 15 heteroatoms. The lowest BCUT2D eigenvalue weighted by Crippen LogP contribution is -2.38. The molecular weight excluding hydrogens is 681 g/mol. The van der Waals surface area contributed by atoms with Crippen LogP contribution in [0.3, 0.4) is 0 Å². The number of nitrogens with zero attached hydrogens (tertiary/aromatic N) is 4. The van der Waals surface area contributed by atoms with Crippen molar-refractivity contribution < 1.29 is 41.3 Å². The Kier molecular flexibility index (Phi) is 10.6. The van der Waals surface area contributed by atoms with Crippen LogP contribution in [0.4, 0.5) is 22.0 Å². The van der Waals surface area contributed by atoms with E-state index in [2.05, 4.69) is 20.8 Å². The van der Waals surface area contributed by atoms with Gasteiger partial charge in [0.1, 0.15) is 5.56 Å². The van der Waals surface area contributed by atoms with Gasteiger partial charge in [-0.3, -0.25) is 4.79 Å². The number of aromatic nitrogens is 4. The lowest BCUT2D eigenvalue weighted by atomic mass is 9.91. The van der Waals surface area contributed by atoms with E-state index in [1.165, 1.54) is 11.8 Å². The van der Waals surface area contributed by atoms with Gasteiger partial charge in [-0.2, -0.15) is 0 Å². The predicted octanol–water partition coefficient (Wildman–Crippen LogP) is 6.58. The van der Waals surface area contributed by atoms with Crippen LogP contribution in [0.1, 0.15) is 51.9 Å². The Bertz CT molecular complexity index is 1970. The van der Waals surface area contributed by atoms with Gasteiger partial charge >= 0.3 is 0 Å². The number of aryl methyl sites for hydroxylation is 1. The van der Waals surface area contributed by atoms with E-state index < -0.39 is 46.8 Å². The zero-order chi connectivity index (χ0) is 35.5. The maximum atomic E-state index is 14.2. The van der Waals surface area contributed by atoms with Crippen LogP contribution in [0.5, 0.6) is 0 Å². The quantitative estimate of drug-likeness (QED) is 0.0724. The van der Waals surface area contributed by atoms with Crippen molar-refractivity contribution in [2.75, 3.05) is 5.75 Å². The molecule has 1 aliphatic rings. The van der Waals surface area contributed by atoms with Gasteiger partial charge in [0.15, 0.2) is 29.6 Å². The molecule has 0 bridgehead atoms. The summed E-state index contributed by atoms with van der Waals surface area (Å²) in [6.07, 6.45) is -1.35. The summed E-state index contributed by atoms with van der Waals surface area (Å²) in [7, 11) is 1.76. The van der Waals surface area contributed by atoms with Crippen LogP contribution in [0.25, 0.3) is 11.1 Å². The molecule has 9 nitrogen and oxygen atoms in total. The summed E-state index contributed by atoms with van der Waals surface area (Å²) in [5, 5.41) is 24.1. The summed E-state index contributed by atoms with van der Waals surface area (Å²) >= 11 is 1.46. The molecule has 1 saturated heterocycles. The standard InChI is InChI=1S/C35H30F5N5O4S/c1-18-25(17-50-35-42-43-44-45(35)2)48-34(49-32(18)21-9-7-19(16-46)8-10-21)22-13-11-20(12-14-22)24-6-4-3-5-23(24)15-41-33(47)26-27(36)29(38)31(40)30(39)28(26)37/h3-14,18,25,32,34,46H,15-17H2,1-2H3,(H,41,47)/t18-,25+,32+,34+/m1/s1. The number of carbonyl (C=O) groups excluding carboxylic acids is 1. The molecule has 6 rings (SSSR count). The number of carbonyl (C=O) groups is 1. The molecule has 0 aliphatic carbocycles. The van der Waals surface area contributed by atoms with E-state index in [4.69, 9.17) is 9.47 Å². The first-order valence-electron chi connectivity index (χ1n) is 15.4. The number of aliphatic hydroxyl groups is 1. The van der Waals surface area contributed by atoms with E-state index >= 15 is 0 Å². The second-order valence-corrected chi connectivity index (χ2v) is 12.6. The number of thioether (sulfide) groups is 1. The molecule has 50 heavy (non-hydrogen) atoms. The van der Waals surface area contributed by atoms with E-state index in [0.29, 0.717) is 22.0 Å². The zero-order valence-corrected chi connectivity index (χ0v) is 27.4. The minimum atomic E-state index is -2.34. The van der Waals surface area contributed by atoms with Gasteiger partial charge in [0.2, 0.25) is 11.0 Å². The number of halogens is 5. The third-order valence-electron chi connectivity index (χ3n) is 8.47. The lowest BCUT2D eigenvalue weighted by Gasteiger charge is -2.41. The summed E-state index contributed by atoms with van der Waals surface area (Å²) in [5.41, 5.74) is 2.78. The molecule has 0 unspecified atom stereocenters. The highest BCUT2D eigenvalue weighted by molar-refractivity contribution is 7.99. The lowest BCUT2D eigenvalue weighted by molar-refractivity contribution is -0.268. The van der Waals surface area contributed by atoms with Gasteiger partial charge in [0.05, 0.1) is 18.8 Å². The molecule has 260 valence electrons. The van der Waals surface area contributed by atoms with Crippen molar-refractivity contribution in [2.24, 2.45) is 13.0 Å². The molecule has 2 heterocycles. The van der Waals surface area contributed by atoms with Gasteiger partial charge in [0, 0.05) is 30.8 Å². The van der Waals surface area contributed by atoms with Crippen molar-refractivity contribution >= 4 is 17.7 Å². The van der Waals surface area contributed by atoms with Crippen LogP contribution in [0, 0.1) is 35.0 Å². The molecule has 0 saturated carbocycles. The van der Waals surface area contributed by atoms with Crippen LogP contribution in [-0.4, -0.2) is 43.1 Å². The molecule has 1 aromatic heterocycles. The van der Waals surface area contributed by atoms with E-state index in [0.717, 1.165) is 22.3 Å². The number of aliphatic hydroxyl groups excluding tert-OH is 1. The molecule has 5 aromatic rings. The SMILES string of the molecule is C[C@@H]1[C@H](CSc2nnnn2C)O[C@H](c2ccc(-c3ccccc3CNC(=O)c3c(F)c(F)c(F)c(F)c3F)cc2)O[C@@H]1c1ccc(CO)cc1. The molecular formula is C35H30F5N5O4S. The minimum absolute atomic E-state index is 0.0638. The van der Waals surface area contributed by atoms with E-state index in [1.54, 1.807) is 36.0 Å². The molecule has 1 aliphatic heterocycles. The maximum Gasteiger partial charge on any atom is 0.257 e. The molecule has 0 spiro atoms. The summed E-state index contributed by atoms with van der Waals surface area (Å²) in [4.78, 5) is 12.6. The first-order valence-corrected chi connectivity index (χ1v) is 16.4. The molecule has 2 N–H and O–H groups in total. The number of benzene rings is 4. The Morgan fingerprint density at radius 2 is 1.52 bits per heavy atom. The fraction of sp³-hybridized carbons (Fsp3) is 0.257. The van der Waals surface area contributed by atoms with Gasteiger partial charge in [-0.25, -0.2) is 26.6 Å². The number of ether oxygens (including phenoxy) is 2. The third kappa shape index (κ3) is 7.12. The molecule has 1 amide bonds. The number of hydrogen-bond donors (Lipinski definition) is 2. The predicted molar refractivity (Wildman–Crippen MR) is 172 cm³/mol. The number of amides is 1. The number of hydrogen-bond acceptors (Lipinski definition) is 8. The van der Waals surface area contributed by atoms with Crippen LogP contribution in [0.15, 0.2) is 78.0 Å². The Hall–Kier alpha value is -4.70. The zero-order valence-electron chi connectivity index (χ0n) is 26.6. The second-order valence-electron chi connectivity index (χ2n) is 11.6. The molecule has 4 atom stereocenters. The summed E-state index contributed by atoms with van der Waals surface area (Å²) < 4.78 is 83.9. The summed E-state index contributed by atoms with van der Waals surface area (Å²) in [6, 6.07) is 21.8. The number of rotatable bonds is 10. The fourth-order valence-electron chi connectivity index (χ4n) is 5.65. The van der Waals surface area contributed by atoms with Crippen molar-refractivity contribution in [3.05, 3.63) is 130 Å². The average Bonchev–Trinajstić information content (AvgIpc) is 3.56. The molecule has 1 fully saturated rings. The van der Waals surface area contributed by atoms with Gasteiger partial charge in [0.25, 0.3) is 5.91 Å². The van der Waals surface area contributed by atoms with E-state index in [9.17, 15) is 31.9 Å². The van der Waals surface area contributed by atoms with Crippen LogP contribution in [-0.2, 0) is 29.7 Å².